The van der Waals surface area contributed by atoms with E-state index < -0.39 is 0 Å². The third-order valence-corrected chi connectivity index (χ3v) is 7.88. The van der Waals surface area contributed by atoms with E-state index in [1.54, 1.807) is 0 Å². The molecule has 2 atom stereocenters. The van der Waals surface area contributed by atoms with Gasteiger partial charge in [0.05, 0.1) is 23.5 Å². The first-order valence-corrected chi connectivity index (χ1v) is 13.8. The molecule has 7 heteroatoms. The van der Waals surface area contributed by atoms with Crippen molar-refractivity contribution in [3.8, 4) is 5.69 Å². The fourth-order valence-corrected chi connectivity index (χ4v) is 6.07. The van der Waals surface area contributed by atoms with E-state index in [1.165, 1.54) is 22.4 Å². The van der Waals surface area contributed by atoms with Crippen LogP contribution in [0.3, 0.4) is 0 Å². The second-order valence-electron chi connectivity index (χ2n) is 10.4. The molecule has 0 saturated carbocycles. The van der Waals surface area contributed by atoms with E-state index in [4.69, 9.17) is 12.2 Å². The lowest BCUT2D eigenvalue weighted by atomic mass is 9.96. The molecule has 200 valence electrons. The summed E-state index contributed by atoms with van der Waals surface area (Å²) < 4.78 is 2.35. The summed E-state index contributed by atoms with van der Waals surface area (Å²) in [4.78, 5) is 19.8. The Hall–Kier alpha value is -3.97. The summed E-state index contributed by atoms with van der Waals surface area (Å²) >= 11 is 5.86. The largest absolute Gasteiger partial charge is 0.352 e. The first-order valence-electron chi connectivity index (χ1n) is 13.3. The summed E-state index contributed by atoms with van der Waals surface area (Å²) in [6, 6.07) is 22.2. The van der Waals surface area contributed by atoms with Crippen molar-refractivity contribution < 1.29 is 4.79 Å². The molecule has 2 aromatic carbocycles. The molecule has 1 fully saturated rings. The van der Waals surface area contributed by atoms with E-state index in [-0.39, 0.29) is 18.0 Å². The molecular weight excluding hydrogens is 502 g/mol. The molecule has 0 spiro atoms. The van der Waals surface area contributed by atoms with Crippen molar-refractivity contribution in [3.63, 3.8) is 0 Å². The number of benzene rings is 2. The number of aryl methyl sites for hydroxylation is 4. The third-order valence-electron chi connectivity index (χ3n) is 7.53. The zero-order valence-corrected chi connectivity index (χ0v) is 24.0. The molecule has 1 amide bonds. The molecule has 0 unspecified atom stereocenters. The predicted molar refractivity (Wildman–Crippen MR) is 161 cm³/mol. The number of carbonyl (C=O) groups is 1. The Labute approximate surface area is 236 Å². The minimum atomic E-state index is -0.134. The van der Waals surface area contributed by atoms with Gasteiger partial charge >= 0.3 is 0 Å². The van der Waals surface area contributed by atoms with Gasteiger partial charge in [-0.25, -0.2) is 0 Å². The first kappa shape index (κ1) is 26.6. The van der Waals surface area contributed by atoms with Crippen LogP contribution in [0.2, 0.25) is 0 Å². The van der Waals surface area contributed by atoms with Crippen molar-refractivity contribution in [2.24, 2.45) is 0 Å². The summed E-state index contributed by atoms with van der Waals surface area (Å²) in [5.74, 6) is -0.0376. The minimum Gasteiger partial charge on any atom is -0.352 e. The van der Waals surface area contributed by atoms with Crippen LogP contribution in [0.15, 0.2) is 72.9 Å². The Kier molecular flexibility index (Phi) is 7.53. The van der Waals surface area contributed by atoms with Gasteiger partial charge in [0.15, 0.2) is 5.11 Å². The summed E-state index contributed by atoms with van der Waals surface area (Å²) in [5, 5.41) is 7.19. The quantitative estimate of drug-likeness (QED) is 0.267. The van der Waals surface area contributed by atoms with Crippen LogP contribution < -0.4 is 10.6 Å². The molecule has 1 saturated heterocycles. The third kappa shape index (κ3) is 5.32. The summed E-state index contributed by atoms with van der Waals surface area (Å²) in [6.07, 6.45) is 2.13. The SMILES string of the molecule is Cc1cccc(NC(=O)CCN2C(=S)N[C@@H](c3ccccn3)[C@@H]2c2cc(C)n(-c3c(C)cccc3C)c2C)c1. The van der Waals surface area contributed by atoms with E-state index in [0.29, 0.717) is 18.1 Å². The fraction of sp³-hybridized carbons (Fsp3) is 0.281. The summed E-state index contributed by atoms with van der Waals surface area (Å²) in [5.41, 5.74) is 10.0. The molecular formula is C32H35N5OS. The van der Waals surface area contributed by atoms with Crippen molar-refractivity contribution in [3.05, 3.63) is 112 Å². The fourth-order valence-electron chi connectivity index (χ4n) is 5.74. The normalized spacial score (nSPS) is 16.8. The number of carbonyl (C=O) groups excluding carboxylic acids is 1. The highest BCUT2D eigenvalue weighted by atomic mass is 32.1. The van der Waals surface area contributed by atoms with Gasteiger partial charge in [-0.05, 0) is 99.4 Å². The number of hydrogen-bond donors (Lipinski definition) is 2. The van der Waals surface area contributed by atoms with Crippen molar-refractivity contribution in [1.82, 2.24) is 19.8 Å². The van der Waals surface area contributed by atoms with Gasteiger partial charge < -0.3 is 20.1 Å². The summed E-state index contributed by atoms with van der Waals surface area (Å²) in [7, 11) is 0. The number of nitrogens with zero attached hydrogens (tertiary/aromatic N) is 3. The molecule has 4 aromatic rings. The molecule has 1 aliphatic rings. The number of pyridine rings is 1. The molecule has 0 radical (unpaired) electrons. The number of anilines is 1. The van der Waals surface area contributed by atoms with Gasteiger partial charge in [0.1, 0.15) is 0 Å². The molecule has 0 bridgehead atoms. The monoisotopic (exact) mass is 537 g/mol. The van der Waals surface area contributed by atoms with Gasteiger partial charge in [-0.15, -0.1) is 0 Å². The maximum atomic E-state index is 12.9. The molecule has 1 aliphatic heterocycles. The van der Waals surface area contributed by atoms with Crippen LogP contribution in [0, 0.1) is 34.6 Å². The van der Waals surface area contributed by atoms with Gasteiger partial charge in [0, 0.05) is 36.2 Å². The second kappa shape index (κ2) is 11.0. The topological polar surface area (TPSA) is 62.2 Å². The lowest BCUT2D eigenvalue weighted by molar-refractivity contribution is -0.116. The van der Waals surface area contributed by atoms with Gasteiger partial charge in [-0.1, -0.05) is 36.4 Å². The Morgan fingerprint density at radius 1 is 0.974 bits per heavy atom. The summed E-state index contributed by atoms with van der Waals surface area (Å²) in [6.45, 7) is 11.1. The van der Waals surface area contributed by atoms with Gasteiger partial charge in [0.2, 0.25) is 5.91 Å². The highest BCUT2D eigenvalue weighted by molar-refractivity contribution is 7.80. The van der Waals surface area contributed by atoms with Crippen LogP contribution in [-0.2, 0) is 4.79 Å². The number of nitrogens with one attached hydrogen (secondary N) is 2. The number of hydrogen-bond acceptors (Lipinski definition) is 3. The average molecular weight is 538 g/mol. The Morgan fingerprint density at radius 3 is 2.41 bits per heavy atom. The van der Waals surface area contributed by atoms with Crippen LogP contribution in [0.25, 0.3) is 5.69 Å². The van der Waals surface area contributed by atoms with Gasteiger partial charge in [-0.2, -0.15) is 0 Å². The van der Waals surface area contributed by atoms with Crippen LogP contribution in [-0.4, -0.2) is 32.0 Å². The highest BCUT2D eigenvalue weighted by Crippen LogP contribution is 2.42. The molecule has 3 heterocycles. The van der Waals surface area contributed by atoms with E-state index in [0.717, 1.165) is 28.3 Å². The van der Waals surface area contributed by atoms with Crippen molar-refractivity contribution >= 4 is 28.9 Å². The van der Waals surface area contributed by atoms with Crippen LogP contribution >= 0.6 is 12.2 Å². The predicted octanol–water partition coefficient (Wildman–Crippen LogP) is 6.42. The van der Waals surface area contributed by atoms with Crippen molar-refractivity contribution in [2.45, 2.75) is 53.1 Å². The molecule has 2 aromatic heterocycles. The average Bonchev–Trinajstić information content (AvgIpc) is 3.38. The molecule has 39 heavy (non-hydrogen) atoms. The van der Waals surface area contributed by atoms with E-state index in [2.05, 4.69) is 77.0 Å². The molecule has 5 rings (SSSR count). The Morgan fingerprint density at radius 2 is 1.72 bits per heavy atom. The van der Waals surface area contributed by atoms with Gasteiger partial charge in [0.25, 0.3) is 0 Å². The number of rotatable bonds is 7. The van der Waals surface area contributed by atoms with Crippen molar-refractivity contribution in [1.29, 1.82) is 0 Å². The number of amides is 1. The zero-order valence-electron chi connectivity index (χ0n) is 23.2. The first-order chi connectivity index (χ1) is 18.7. The van der Waals surface area contributed by atoms with E-state index in [9.17, 15) is 4.79 Å². The lowest BCUT2D eigenvalue weighted by Crippen LogP contribution is -2.32. The molecule has 2 N–H and O–H groups in total. The molecule has 0 aliphatic carbocycles. The van der Waals surface area contributed by atoms with Crippen molar-refractivity contribution in [2.75, 3.05) is 11.9 Å². The smallest absolute Gasteiger partial charge is 0.226 e. The highest BCUT2D eigenvalue weighted by Gasteiger charge is 2.41. The number of aromatic nitrogens is 2. The Bertz CT molecular complexity index is 1510. The second-order valence-corrected chi connectivity index (χ2v) is 10.8. The standard InChI is InChI=1S/C32H35N5OS/c1-20-10-8-13-25(18-20)34-28(38)15-17-36-31(29(35-32(36)39)27-14-6-7-16-33-27)26-19-23(4)37(24(26)5)30-21(2)11-9-12-22(30)3/h6-14,16,18-19,29,31H,15,17H2,1-5H3,(H,34,38)(H,35,39)/t29-,31-/m0/s1. The Balaban J connectivity index is 1.50. The lowest BCUT2D eigenvalue weighted by Gasteiger charge is -2.28. The zero-order chi connectivity index (χ0) is 27.7. The van der Waals surface area contributed by atoms with Crippen LogP contribution in [0.1, 0.15) is 57.8 Å². The number of thiocarbonyl (C=S) groups is 1. The van der Waals surface area contributed by atoms with Crippen LogP contribution in [0.4, 0.5) is 5.69 Å². The van der Waals surface area contributed by atoms with Gasteiger partial charge in [-0.3, -0.25) is 9.78 Å². The van der Waals surface area contributed by atoms with E-state index in [1.807, 2.05) is 55.6 Å². The van der Waals surface area contributed by atoms with E-state index >= 15 is 0 Å². The van der Waals surface area contributed by atoms with Crippen LogP contribution in [0.5, 0.6) is 0 Å². The minimum absolute atomic E-state index is 0.0376. The maximum Gasteiger partial charge on any atom is 0.226 e. The maximum absolute atomic E-state index is 12.9. The molecule has 6 nitrogen and oxygen atoms in total. The number of para-hydroxylation sites is 1.